The Labute approximate surface area is 158 Å². The van der Waals surface area contributed by atoms with Gasteiger partial charge in [-0.1, -0.05) is 6.07 Å². The van der Waals surface area contributed by atoms with Crippen LogP contribution in [0.4, 0.5) is 8.78 Å². The zero-order chi connectivity index (χ0) is 19.4. The van der Waals surface area contributed by atoms with Crippen molar-refractivity contribution < 1.29 is 13.6 Å². The molecule has 7 heteroatoms. The van der Waals surface area contributed by atoms with E-state index in [4.69, 9.17) is 0 Å². The topological polar surface area (TPSA) is 41.4 Å². The molecule has 0 spiro atoms. The predicted molar refractivity (Wildman–Crippen MR) is 99.0 cm³/mol. The molecule has 3 rings (SSSR count). The number of likely N-dealkylation sites (N-methyl/N-ethyl adjacent to an activating group) is 1. The van der Waals surface area contributed by atoms with Gasteiger partial charge in [0.2, 0.25) is 5.91 Å². The SMILES string of the molecule is CN(CCc1cnn(C)c1)C1CCC(=O)N(Cc2ccc(F)c(F)c2)CC1. The van der Waals surface area contributed by atoms with E-state index in [0.717, 1.165) is 31.9 Å². The van der Waals surface area contributed by atoms with E-state index in [1.54, 1.807) is 9.58 Å². The summed E-state index contributed by atoms with van der Waals surface area (Å²) in [6, 6.07) is 4.15. The molecular formula is C20H26F2N4O. The maximum atomic E-state index is 13.4. The number of amides is 1. The highest BCUT2D eigenvalue weighted by Gasteiger charge is 2.25. The standard InChI is InChI=1S/C20H26F2N4O/c1-24(9-7-16-12-23-25(2)13-16)17-4-6-20(27)26(10-8-17)14-15-3-5-18(21)19(22)11-15/h3,5,11-13,17H,4,6-10,14H2,1-2H3. The molecule has 27 heavy (non-hydrogen) atoms. The quantitative estimate of drug-likeness (QED) is 0.779. The second-order valence-electron chi connectivity index (χ2n) is 7.30. The smallest absolute Gasteiger partial charge is 0.222 e. The molecule has 0 bridgehead atoms. The van der Waals surface area contributed by atoms with E-state index >= 15 is 0 Å². The minimum atomic E-state index is -0.872. The van der Waals surface area contributed by atoms with Crippen LogP contribution in [0.15, 0.2) is 30.6 Å². The van der Waals surface area contributed by atoms with Gasteiger partial charge in [0, 0.05) is 45.3 Å². The van der Waals surface area contributed by atoms with Crippen LogP contribution in [-0.4, -0.2) is 51.7 Å². The van der Waals surface area contributed by atoms with Crippen LogP contribution in [0.5, 0.6) is 0 Å². The van der Waals surface area contributed by atoms with Gasteiger partial charge in [0.05, 0.1) is 6.20 Å². The van der Waals surface area contributed by atoms with Crippen LogP contribution in [0.3, 0.4) is 0 Å². The number of aryl methyl sites for hydroxylation is 1. The Hall–Kier alpha value is -2.28. The minimum Gasteiger partial charge on any atom is -0.338 e. The summed E-state index contributed by atoms with van der Waals surface area (Å²) >= 11 is 0. The lowest BCUT2D eigenvalue weighted by Gasteiger charge is -2.27. The number of rotatable bonds is 6. The van der Waals surface area contributed by atoms with Crippen LogP contribution < -0.4 is 0 Å². The molecule has 1 saturated heterocycles. The maximum Gasteiger partial charge on any atom is 0.222 e. The monoisotopic (exact) mass is 376 g/mol. The lowest BCUT2D eigenvalue weighted by molar-refractivity contribution is -0.131. The number of carbonyl (C=O) groups is 1. The van der Waals surface area contributed by atoms with Gasteiger partial charge in [0.25, 0.3) is 0 Å². The van der Waals surface area contributed by atoms with Crippen LogP contribution in [0.25, 0.3) is 0 Å². The number of hydrogen-bond donors (Lipinski definition) is 0. The van der Waals surface area contributed by atoms with Gasteiger partial charge in [0.15, 0.2) is 11.6 Å². The average Bonchev–Trinajstić information content (AvgIpc) is 2.97. The van der Waals surface area contributed by atoms with Crippen molar-refractivity contribution in [3.63, 3.8) is 0 Å². The first kappa shape index (κ1) is 19.5. The predicted octanol–water partition coefficient (Wildman–Crippen LogP) is 2.75. The van der Waals surface area contributed by atoms with Crippen molar-refractivity contribution in [3.05, 3.63) is 53.4 Å². The molecular weight excluding hydrogens is 350 g/mol. The molecule has 1 unspecified atom stereocenters. The van der Waals surface area contributed by atoms with Gasteiger partial charge in [-0.3, -0.25) is 9.48 Å². The first-order valence-corrected chi connectivity index (χ1v) is 9.32. The highest BCUT2D eigenvalue weighted by atomic mass is 19.2. The van der Waals surface area contributed by atoms with Crippen molar-refractivity contribution >= 4 is 5.91 Å². The van der Waals surface area contributed by atoms with Crippen LogP contribution in [0.2, 0.25) is 0 Å². The van der Waals surface area contributed by atoms with Gasteiger partial charge in [-0.15, -0.1) is 0 Å². The molecule has 2 heterocycles. The molecule has 1 aliphatic heterocycles. The number of likely N-dealkylation sites (tertiary alicyclic amines) is 1. The number of carbonyl (C=O) groups excluding carboxylic acids is 1. The van der Waals surface area contributed by atoms with E-state index in [9.17, 15) is 13.6 Å². The van der Waals surface area contributed by atoms with E-state index in [0.29, 0.717) is 31.1 Å². The molecule has 0 N–H and O–H groups in total. The Kier molecular flexibility index (Phi) is 6.21. The van der Waals surface area contributed by atoms with Crippen molar-refractivity contribution in [2.45, 2.75) is 38.3 Å². The molecule has 1 aliphatic rings. The minimum absolute atomic E-state index is 0.0721. The highest BCUT2D eigenvalue weighted by Crippen LogP contribution is 2.20. The van der Waals surface area contributed by atoms with E-state index in [1.807, 2.05) is 19.4 Å². The summed E-state index contributed by atoms with van der Waals surface area (Å²) < 4.78 is 28.3. The average molecular weight is 376 g/mol. The molecule has 1 aromatic heterocycles. The van der Waals surface area contributed by atoms with E-state index in [-0.39, 0.29) is 5.91 Å². The highest BCUT2D eigenvalue weighted by molar-refractivity contribution is 5.76. The third-order valence-corrected chi connectivity index (χ3v) is 5.27. The fourth-order valence-corrected chi connectivity index (χ4v) is 3.58. The molecule has 0 radical (unpaired) electrons. The largest absolute Gasteiger partial charge is 0.338 e. The fraction of sp³-hybridized carbons (Fsp3) is 0.500. The number of benzene rings is 1. The number of halogens is 2. The van der Waals surface area contributed by atoms with Gasteiger partial charge in [-0.2, -0.15) is 5.10 Å². The van der Waals surface area contributed by atoms with Crippen LogP contribution in [0.1, 0.15) is 30.4 Å². The maximum absolute atomic E-state index is 13.4. The lowest BCUT2D eigenvalue weighted by atomic mass is 10.1. The normalized spacial score (nSPS) is 18.2. The zero-order valence-corrected chi connectivity index (χ0v) is 15.9. The van der Waals surface area contributed by atoms with Crippen molar-refractivity contribution in [1.82, 2.24) is 19.6 Å². The van der Waals surface area contributed by atoms with E-state index in [1.165, 1.54) is 17.7 Å². The summed E-state index contributed by atoms with van der Waals surface area (Å²) in [6.07, 6.45) is 7.00. The molecule has 0 aliphatic carbocycles. The first-order valence-electron chi connectivity index (χ1n) is 9.32. The molecule has 146 valence electrons. The van der Waals surface area contributed by atoms with Gasteiger partial charge in [-0.05, 0) is 49.6 Å². The van der Waals surface area contributed by atoms with Crippen molar-refractivity contribution in [3.8, 4) is 0 Å². The van der Waals surface area contributed by atoms with Gasteiger partial charge in [0.1, 0.15) is 0 Å². The number of nitrogens with zero attached hydrogens (tertiary/aromatic N) is 4. The first-order chi connectivity index (χ1) is 12.9. The molecule has 2 aromatic rings. The number of hydrogen-bond acceptors (Lipinski definition) is 3. The summed E-state index contributed by atoms with van der Waals surface area (Å²) in [5.41, 5.74) is 1.82. The van der Waals surface area contributed by atoms with Gasteiger partial charge >= 0.3 is 0 Å². The van der Waals surface area contributed by atoms with Gasteiger partial charge in [-0.25, -0.2) is 8.78 Å². The third-order valence-electron chi connectivity index (χ3n) is 5.27. The molecule has 1 fully saturated rings. The van der Waals surface area contributed by atoms with Crippen LogP contribution in [0, 0.1) is 11.6 Å². The van der Waals surface area contributed by atoms with Crippen molar-refractivity contribution in [1.29, 1.82) is 0 Å². The van der Waals surface area contributed by atoms with Gasteiger partial charge < -0.3 is 9.80 Å². The van der Waals surface area contributed by atoms with Crippen LogP contribution >= 0.6 is 0 Å². The molecule has 5 nitrogen and oxygen atoms in total. The summed E-state index contributed by atoms with van der Waals surface area (Å²) in [7, 11) is 4.00. The summed E-state index contributed by atoms with van der Waals surface area (Å²) in [4.78, 5) is 16.5. The van der Waals surface area contributed by atoms with E-state index in [2.05, 4.69) is 17.0 Å². The van der Waals surface area contributed by atoms with Crippen molar-refractivity contribution in [2.75, 3.05) is 20.1 Å². The molecule has 1 atom stereocenters. The zero-order valence-electron chi connectivity index (χ0n) is 15.9. The fourth-order valence-electron chi connectivity index (χ4n) is 3.58. The lowest BCUT2D eigenvalue weighted by Crippen LogP contribution is -2.34. The second-order valence-corrected chi connectivity index (χ2v) is 7.30. The Morgan fingerprint density at radius 3 is 2.74 bits per heavy atom. The summed E-state index contributed by atoms with van der Waals surface area (Å²) in [5.74, 6) is -1.66. The molecule has 1 aromatic carbocycles. The molecule has 1 amide bonds. The summed E-state index contributed by atoms with van der Waals surface area (Å²) in [6.45, 7) is 1.86. The Morgan fingerprint density at radius 2 is 2.04 bits per heavy atom. The van der Waals surface area contributed by atoms with Crippen LogP contribution in [-0.2, 0) is 24.8 Å². The Bertz CT molecular complexity index is 792. The van der Waals surface area contributed by atoms with E-state index < -0.39 is 11.6 Å². The van der Waals surface area contributed by atoms with Crippen molar-refractivity contribution in [2.24, 2.45) is 7.05 Å². The molecule has 0 saturated carbocycles. The Morgan fingerprint density at radius 1 is 1.22 bits per heavy atom. The second kappa shape index (κ2) is 8.61. The Balaban J connectivity index is 1.54. The third kappa shape index (κ3) is 5.13. The number of aromatic nitrogens is 2. The summed E-state index contributed by atoms with van der Waals surface area (Å²) in [5, 5.41) is 4.19.